The van der Waals surface area contributed by atoms with Crippen molar-refractivity contribution >= 4 is 17.1 Å². The minimum atomic E-state index is -0.688. The molecule has 0 amide bonds. The van der Waals surface area contributed by atoms with Crippen LogP contribution in [0, 0.1) is 0 Å². The number of aromatic amines is 1. The number of H-pyrrole nitrogens is 1. The third-order valence-corrected chi connectivity index (χ3v) is 3.84. The molecule has 1 N–H and O–H groups in total. The van der Waals surface area contributed by atoms with E-state index in [-0.39, 0.29) is 10.8 Å². The van der Waals surface area contributed by atoms with Gasteiger partial charge in [0.05, 0.1) is 6.61 Å². The van der Waals surface area contributed by atoms with Crippen LogP contribution in [0.3, 0.4) is 0 Å². The highest BCUT2D eigenvalue weighted by Crippen LogP contribution is 2.36. The van der Waals surface area contributed by atoms with Crippen molar-refractivity contribution in [2.75, 3.05) is 6.61 Å². The van der Waals surface area contributed by atoms with Gasteiger partial charge in [0.2, 0.25) is 5.88 Å². The molecule has 2 rings (SSSR count). The van der Waals surface area contributed by atoms with E-state index in [1.54, 1.807) is 6.92 Å². The molecule has 23 heavy (non-hydrogen) atoms. The standard InChI is InChI=1S/C19H27NO3/c1-8-22-17(21)23-16-11-13-14(19(5,6)7)9-12(18(2,3)4)10-15(13)20-16/h9-11,20H,8H2,1-7H3. The topological polar surface area (TPSA) is 51.3 Å². The lowest BCUT2D eigenvalue weighted by atomic mass is 9.79. The summed E-state index contributed by atoms with van der Waals surface area (Å²) in [7, 11) is 0. The van der Waals surface area contributed by atoms with Crippen LogP contribution in [0.2, 0.25) is 0 Å². The molecule has 0 aliphatic carbocycles. The van der Waals surface area contributed by atoms with Crippen molar-refractivity contribution in [3.63, 3.8) is 0 Å². The van der Waals surface area contributed by atoms with Crippen LogP contribution in [0.25, 0.3) is 10.9 Å². The maximum Gasteiger partial charge on any atom is 0.515 e. The molecule has 1 heterocycles. The number of fused-ring (bicyclic) bond motifs is 1. The molecule has 0 radical (unpaired) electrons. The predicted octanol–water partition coefficient (Wildman–Crippen LogP) is 5.30. The third kappa shape index (κ3) is 3.87. The van der Waals surface area contributed by atoms with Gasteiger partial charge >= 0.3 is 6.16 Å². The van der Waals surface area contributed by atoms with Crippen LogP contribution in [0.15, 0.2) is 18.2 Å². The average molecular weight is 317 g/mol. The van der Waals surface area contributed by atoms with E-state index in [0.29, 0.717) is 12.5 Å². The first-order chi connectivity index (χ1) is 10.5. The van der Waals surface area contributed by atoms with Crippen molar-refractivity contribution in [1.29, 1.82) is 0 Å². The van der Waals surface area contributed by atoms with E-state index in [0.717, 1.165) is 10.9 Å². The van der Waals surface area contributed by atoms with Crippen molar-refractivity contribution in [2.45, 2.75) is 59.3 Å². The zero-order valence-electron chi connectivity index (χ0n) is 15.2. The molecule has 4 heteroatoms. The molecule has 1 aromatic heterocycles. The molecule has 2 aromatic rings. The molecule has 0 saturated carbocycles. The van der Waals surface area contributed by atoms with Gasteiger partial charge < -0.3 is 14.5 Å². The summed E-state index contributed by atoms with van der Waals surface area (Å²) in [5.74, 6) is 0.412. The van der Waals surface area contributed by atoms with Gasteiger partial charge in [0.1, 0.15) is 0 Å². The van der Waals surface area contributed by atoms with Crippen LogP contribution in [-0.4, -0.2) is 17.7 Å². The number of hydrogen-bond acceptors (Lipinski definition) is 3. The fourth-order valence-electron chi connectivity index (χ4n) is 2.56. The third-order valence-electron chi connectivity index (χ3n) is 3.84. The number of rotatable bonds is 2. The van der Waals surface area contributed by atoms with Gasteiger partial charge in [-0.1, -0.05) is 47.6 Å². The fourth-order valence-corrected chi connectivity index (χ4v) is 2.56. The molecule has 1 aromatic carbocycles. The maximum atomic E-state index is 11.5. The Bertz CT molecular complexity index is 715. The molecule has 0 spiro atoms. The van der Waals surface area contributed by atoms with Crippen molar-refractivity contribution in [3.05, 3.63) is 29.3 Å². The molecule has 0 saturated heterocycles. The summed E-state index contributed by atoms with van der Waals surface area (Å²) in [6.07, 6.45) is -0.688. The largest absolute Gasteiger partial charge is 0.515 e. The SMILES string of the molecule is CCOC(=O)Oc1cc2c(C(C)(C)C)cc(C(C)(C)C)cc2[nH]1. The summed E-state index contributed by atoms with van der Waals surface area (Å²) < 4.78 is 10.1. The molecule has 0 aliphatic heterocycles. The lowest BCUT2D eigenvalue weighted by Crippen LogP contribution is -2.16. The first-order valence-corrected chi connectivity index (χ1v) is 8.04. The van der Waals surface area contributed by atoms with E-state index in [2.05, 4.69) is 58.7 Å². The van der Waals surface area contributed by atoms with Gasteiger partial charge in [0.25, 0.3) is 0 Å². The number of benzene rings is 1. The zero-order valence-corrected chi connectivity index (χ0v) is 15.2. The quantitative estimate of drug-likeness (QED) is 0.765. The van der Waals surface area contributed by atoms with Crippen LogP contribution < -0.4 is 4.74 Å². The monoisotopic (exact) mass is 317 g/mol. The first-order valence-electron chi connectivity index (χ1n) is 8.04. The second kappa shape index (κ2) is 5.91. The Balaban J connectivity index is 2.57. The minimum Gasteiger partial charge on any atom is -0.434 e. The highest BCUT2D eigenvalue weighted by atomic mass is 16.7. The summed E-state index contributed by atoms with van der Waals surface area (Å²) in [5.41, 5.74) is 3.49. The first kappa shape index (κ1) is 17.4. The van der Waals surface area contributed by atoms with Crippen molar-refractivity contribution in [1.82, 2.24) is 4.98 Å². The van der Waals surface area contributed by atoms with Gasteiger partial charge in [-0.15, -0.1) is 0 Å². The number of nitrogens with one attached hydrogen (secondary N) is 1. The van der Waals surface area contributed by atoms with Crippen molar-refractivity contribution < 1.29 is 14.3 Å². The molecule has 126 valence electrons. The summed E-state index contributed by atoms with van der Waals surface area (Å²) in [4.78, 5) is 14.7. The van der Waals surface area contributed by atoms with Gasteiger partial charge in [-0.05, 0) is 34.9 Å². The minimum absolute atomic E-state index is 0.0110. The summed E-state index contributed by atoms with van der Waals surface area (Å²) in [6.45, 7) is 15.2. The van der Waals surface area contributed by atoms with Crippen LogP contribution in [0.1, 0.15) is 59.6 Å². The van der Waals surface area contributed by atoms with E-state index < -0.39 is 6.16 Å². The van der Waals surface area contributed by atoms with Gasteiger partial charge in [-0.3, -0.25) is 0 Å². The number of hydrogen-bond donors (Lipinski definition) is 1. The molecule has 0 fully saturated rings. The summed E-state index contributed by atoms with van der Waals surface area (Å²) >= 11 is 0. The van der Waals surface area contributed by atoms with Crippen LogP contribution in [0.5, 0.6) is 5.88 Å². The molecule has 4 nitrogen and oxygen atoms in total. The molecular formula is C19H27NO3. The van der Waals surface area contributed by atoms with E-state index in [1.807, 2.05) is 6.07 Å². The van der Waals surface area contributed by atoms with E-state index >= 15 is 0 Å². The second-order valence-electron chi connectivity index (χ2n) is 7.90. The lowest BCUT2D eigenvalue weighted by molar-refractivity contribution is 0.103. The Morgan fingerprint density at radius 3 is 2.22 bits per heavy atom. The molecule has 0 aliphatic rings. The van der Waals surface area contributed by atoms with Crippen molar-refractivity contribution in [3.8, 4) is 5.88 Å². The highest BCUT2D eigenvalue weighted by molar-refractivity contribution is 5.87. The highest BCUT2D eigenvalue weighted by Gasteiger charge is 2.23. The van der Waals surface area contributed by atoms with Crippen LogP contribution >= 0.6 is 0 Å². The van der Waals surface area contributed by atoms with Crippen LogP contribution in [-0.2, 0) is 15.6 Å². The second-order valence-corrected chi connectivity index (χ2v) is 7.90. The normalized spacial score (nSPS) is 12.5. The predicted molar refractivity (Wildman–Crippen MR) is 93.3 cm³/mol. The Kier molecular flexibility index (Phi) is 4.47. The van der Waals surface area contributed by atoms with Gasteiger partial charge in [0.15, 0.2) is 0 Å². The molecular weight excluding hydrogens is 290 g/mol. The smallest absolute Gasteiger partial charge is 0.434 e. The Morgan fingerprint density at radius 1 is 1.04 bits per heavy atom. The number of carbonyl (C=O) groups is 1. The van der Waals surface area contributed by atoms with Gasteiger partial charge in [-0.25, -0.2) is 4.79 Å². The Morgan fingerprint density at radius 2 is 1.70 bits per heavy atom. The molecule has 0 bridgehead atoms. The van der Waals surface area contributed by atoms with E-state index in [1.165, 1.54) is 11.1 Å². The summed E-state index contributed by atoms with van der Waals surface area (Å²) in [5, 5.41) is 1.07. The Hall–Kier alpha value is -1.97. The van der Waals surface area contributed by atoms with Crippen LogP contribution in [0.4, 0.5) is 4.79 Å². The lowest BCUT2D eigenvalue weighted by Gasteiger charge is -2.25. The number of ether oxygens (including phenoxy) is 2. The fraction of sp³-hybridized carbons (Fsp3) is 0.526. The molecule has 0 atom stereocenters. The van der Waals surface area contributed by atoms with E-state index in [4.69, 9.17) is 9.47 Å². The van der Waals surface area contributed by atoms with Gasteiger partial charge in [0, 0.05) is 17.0 Å². The van der Waals surface area contributed by atoms with Crippen molar-refractivity contribution in [2.24, 2.45) is 0 Å². The average Bonchev–Trinajstić information content (AvgIpc) is 2.77. The van der Waals surface area contributed by atoms with Gasteiger partial charge in [-0.2, -0.15) is 0 Å². The molecule has 0 unspecified atom stereocenters. The Labute approximate surface area is 138 Å². The number of carbonyl (C=O) groups excluding carboxylic acids is 1. The summed E-state index contributed by atoms with van der Waals surface area (Å²) in [6, 6.07) is 6.26. The number of aromatic nitrogens is 1. The zero-order chi connectivity index (χ0) is 17.4. The maximum absolute atomic E-state index is 11.5. The van der Waals surface area contributed by atoms with E-state index in [9.17, 15) is 4.79 Å².